The third-order valence-electron chi connectivity index (χ3n) is 1.19. The van der Waals surface area contributed by atoms with Crippen molar-refractivity contribution in [1.29, 1.82) is 0 Å². The first-order valence-electron chi connectivity index (χ1n) is 2.59. The summed E-state index contributed by atoms with van der Waals surface area (Å²) in [4.78, 5) is 11.8. The van der Waals surface area contributed by atoms with E-state index in [0.717, 1.165) is 0 Å². The third kappa shape index (κ3) is 1.02. The molecule has 50 valence electrons. The molecular formula is C5H8N2O2. The monoisotopic (exact) mass is 128 g/mol. The van der Waals surface area contributed by atoms with Gasteiger partial charge in [-0.1, -0.05) is 0 Å². The zero-order valence-electron chi connectivity index (χ0n) is 5.03. The van der Waals surface area contributed by atoms with Gasteiger partial charge in [-0.3, -0.25) is 9.69 Å². The Labute approximate surface area is 52.8 Å². The maximum atomic E-state index is 10.6. The molecule has 1 aliphatic rings. The van der Waals surface area contributed by atoms with Gasteiger partial charge >= 0.3 is 0 Å². The van der Waals surface area contributed by atoms with Gasteiger partial charge in [-0.2, -0.15) is 0 Å². The molecule has 4 heteroatoms. The van der Waals surface area contributed by atoms with Crippen molar-refractivity contribution in [2.75, 3.05) is 7.05 Å². The van der Waals surface area contributed by atoms with Gasteiger partial charge in [-0.15, -0.1) is 0 Å². The highest BCUT2D eigenvalue weighted by Gasteiger charge is 2.16. The van der Waals surface area contributed by atoms with E-state index < -0.39 is 6.35 Å². The van der Waals surface area contributed by atoms with Crippen LogP contribution < -0.4 is 5.32 Å². The van der Waals surface area contributed by atoms with Crippen molar-refractivity contribution in [3.05, 3.63) is 12.3 Å². The highest BCUT2D eigenvalue weighted by Crippen LogP contribution is 1.95. The first kappa shape index (κ1) is 6.10. The number of nitrogens with one attached hydrogen (secondary N) is 1. The molecule has 1 amide bonds. The average molecular weight is 128 g/mol. The number of likely N-dealkylation sites (N-methyl/N-ethyl adjacent to an activating group) is 1. The maximum absolute atomic E-state index is 10.6. The zero-order chi connectivity index (χ0) is 6.85. The van der Waals surface area contributed by atoms with Crippen LogP contribution in [0.4, 0.5) is 0 Å². The lowest BCUT2D eigenvalue weighted by molar-refractivity contribution is -0.136. The minimum Gasteiger partial charge on any atom is -0.356 e. The Kier molecular flexibility index (Phi) is 1.40. The molecule has 0 saturated heterocycles. The second kappa shape index (κ2) is 2.06. The summed E-state index contributed by atoms with van der Waals surface area (Å²) in [6.45, 7) is 0. The first-order chi connectivity index (χ1) is 4.22. The van der Waals surface area contributed by atoms with Gasteiger partial charge < -0.3 is 10.4 Å². The number of aliphatic hydroxyl groups excluding tert-OH is 1. The second-order valence-corrected chi connectivity index (χ2v) is 1.82. The third-order valence-corrected chi connectivity index (χ3v) is 1.19. The fourth-order valence-corrected chi connectivity index (χ4v) is 0.555. The lowest BCUT2D eigenvalue weighted by Gasteiger charge is -2.25. The Morgan fingerprint density at radius 3 is 3.00 bits per heavy atom. The van der Waals surface area contributed by atoms with E-state index in [1.165, 1.54) is 24.2 Å². The minimum atomic E-state index is -0.873. The van der Waals surface area contributed by atoms with Gasteiger partial charge in [0, 0.05) is 19.3 Å². The predicted molar refractivity (Wildman–Crippen MR) is 31.1 cm³/mol. The van der Waals surface area contributed by atoms with Crippen molar-refractivity contribution in [3.8, 4) is 0 Å². The van der Waals surface area contributed by atoms with Gasteiger partial charge in [0.2, 0.25) is 6.35 Å². The molecule has 0 aromatic rings. The molecule has 2 N–H and O–H groups in total. The van der Waals surface area contributed by atoms with Crippen LogP contribution in [-0.2, 0) is 4.79 Å². The van der Waals surface area contributed by atoms with E-state index in [-0.39, 0.29) is 5.91 Å². The smallest absolute Gasteiger partial charge is 0.251 e. The van der Waals surface area contributed by atoms with Crippen LogP contribution in [0.3, 0.4) is 0 Å². The Balaban J connectivity index is 2.69. The average Bonchev–Trinajstić information content (AvgIpc) is 1.83. The van der Waals surface area contributed by atoms with Crippen molar-refractivity contribution in [1.82, 2.24) is 10.2 Å². The predicted octanol–water partition coefficient (Wildman–Crippen LogP) is -1.16. The van der Waals surface area contributed by atoms with Crippen molar-refractivity contribution in [2.24, 2.45) is 0 Å². The van der Waals surface area contributed by atoms with Crippen LogP contribution in [0.5, 0.6) is 0 Å². The summed E-state index contributed by atoms with van der Waals surface area (Å²) in [5, 5.41) is 11.4. The van der Waals surface area contributed by atoms with Crippen molar-refractivity contribution >= 4 is 5.91 Å². The number of nitrogens with zero attached hydrogens (tertiary/aromatic N) is 1. The standard InChI is InChI=1S/C5H8N2O2/c1-7-4(8)2-3-6-5(7)9/h2-3,5-6,9H,1H3. The first-order valence-corrected chi connectivity index (χ1v) is 2.59. The summed E-state index contributed by atoms with van der Waals surface area (Å²) in [6.07, 6.45) is 1.90. The van der Waals surface area contributed by atoms with Crippen LogP contribution >= 0.6 is 0 Å². The number of amides is 1. The van der Waals surface area contributed by atoms with Gasteiger partial charge in [-0.05, 0) is 0 Å². The molecule has 1 rings (SSSR count). The van der Waals surface area contributed by atoms with Gasteiger partial charge in [0.25, 0.3) is 5.91 Å². The molecule has 4 nitrogen and oxygen atoms in total. The molecule has 0 spiro atoms. The van der Waals surface area contributed by atoms with Crippen LogP contribution in [-0.4, -0.2) is 29.3 Å². The summed E-state index contributed by atoms with van der Waals surface area (Å²) < 4.78 is 0. The normalized spacial score (nSPS) is 26.2. The molecule has 1 aliphatic heterocycles. The van der Waals surface area contributed by atoms with Crippen LogP contribution in [0.15, 0.2) is 12.3 Å². The molecule has 0 aliphatic carbocycles. The van der Waals surface area contributed by atoms with Gasteiger partial charge in [0.05, 0.1) is 0 Å². The van der Waals surface area contributed by atoms with Crippen molar-refractivity contribution in [3.63, 3.8) is 0 Å². The van der Waals surface area contributed by atoms with Gasteiger partial charge in [0.1, 0.15) is 0 Å². The van der Waals surface area contributed by atoms with E-state index in [2.05, 4.69) is 5.32 Å². The Bertz CT molecular complexity index is 155. The summed E-state index contributed by atoms with van der Waals surface area (Å²) in [5.41, 5.74) is 0. The minimum absolute atomic E-state index is 0.193. The highest BCUT2D eigenvalue weighted by atomic mass is 16.3. The van der Waals surface area contributed by atoms with E-state index in [4.69, 9.17) is 5.11 Å². The quantitative estimate of drug-likeness (QED) is 0.432. The molecule has 0 fully saturated rings. The van der Waals surface area contributed by atoms with E-state index in [1.54, 1.807) is 0 Å². The molecule has 0 bridgehead atoms. The van der Waals surface area contributed by atoms with E-state index in [9.17, 15) is 4.79 Å². The Morgan fingerprint density at radius 1 is 1.89 bits per heavy atom. The molecular weight excluding hydrogens is 120 g/mol. The second-order valence-electron chi connectivity index (χ2n) is 1.82. The SMILES string of the molecule is CN1C(=O)C=CNC1O. The molecule has 1 unspecified atom stereocenters. The summed E-state index contributed by atoms with van der Waals surface area (Å²) in [6, 6.07) is 0. The molecule has 1 heterocycles. The van der Waals surface area contributed by atoms with E-state index in [1.807, 2.05) is 0 Å². The topological polar surface area (TPSA) is 52.6 Å². The molecule has 9 heavy (non-hydrogen) atoms. The number of aliphatic hydroxyl groups is 1. The van der Waals surface area contributed by atoms with Crippen molar-refractivity contribution in [2.45, 2.75) is 6.35 Å². The zero-order valence-corrected chi connectivity index (χ0v) is 5.03. The van der Waals surface area contributed by atoms with Gasteiger partial charge in [0.15, 0.2) is 0 Å². The Morgan fingerprint density at radius 2 is 2.56 bits per heavy atom. The van der Waals surface area contributed by atoms with Crippen LogP contribution in [0.2, 0.25) is 0 Å². The Hall–Kier alpha value is -1.03. The highest BCUT2D eigenvalue weighted by molar-refractivity contribution is 5.88. The number of hydrogen-bond donors (Lipinski definition) is 2. The van der Waals surface area contributed by atoms with E-state index >= 15 is 0 Å². The number of carbonyl (C=O) groups excluding carboxylic acids is 1. The van der Waals surface area contributed by atoms with Crippen LogP contribution in [0.1, 0.15) is 0 Å². The fraction of sp³-hybridized carbons (Fsp3) is 0.400. The fourth-order valence-electron chi connectivity index (χ4n) is 0.555. The molecule has 0 aromatic heterocycles. The van der Waals surface area contributed by atoms with Gasteiger partial charge in [-0.25, -0.2) is 0 Å². The molecule has 0 saturated carbocycles. The molecule has 0 aromatic carbocycles. The largest absolute Gasteiger partial charge is 0.356 e. The number of hydrogen-bond acceptors (Lipinski definition) is 3. The van der Waals surface area contributed by atoms with Crippen LogP contribution in [0.25, 0.3) is 0 Å². The van der Waals surface area contributed by atoms with Crippen LogP contribution in [0, 0.1) is 0 Å². The summed E-state index contributed by atoms with van der Waals surface area (Å²) >= 11 is 0. The lowest BCUT2D eigenvalue weighted by atomic mass is 10.4. The number of rotatable bonds is 0. The van der Waals surface area contributed by atoms with Crippen molar-refractivity contribution < 1.29 is 9.90 Å². The van der Waals surface area contributed by atoms with E-state index in [0.29, 0.717) is 0 Å². The lowest BCUT2D eigenvalue weighted by Crippen LogP contribution is -2.46. The summed E-state index contributed by atoms with van der Waals surface area (Å²) in [5.74, 6) is -0.193. The molecule has 1 atom stereocenters. The summed E-state index contributed by atoms with van der Waals surface area (Å²) in [7, 11) is 1.52. The molecule has 0 radical (unpaired) electrons. The number of carbonyl (C=O) groups is 1. The maximum Gasteiger partial charge on any atom is 0.251 e.